The third-order valence-electron chi connectivity index (χ3n) is 3.13. The second-order valence-electron chi connectivity index (χ2n) is 4.61. The summed E-state index contributed by atoms with van der Waals surface area (Å²) in [5.74, 6) is 0.512. The molecule has 1 aliphatic heterocycles. The van der Waals surface area contributed by atoms with Crippen molar-refractivity contribution in [1.29, 1.82) is 0 Å². The molecule has 0 spiro atoms. The van der Waals surface area contributed by atoms with Gasteiger partial charge in [-0.05, 0) is 29.8 Å². The first-order valence-electron chi connectivity index (χ1n) is 6.37. The van der Waals surface area contributed by atoms with E-state index in [-0.39, 0.29) is 12.5 Å². The lowest BCUT2D eigenvalue weighted by Gasteiger charge is -2.19. The van der Waals surface area contributed by atoms with Gasteiger partial charge in [-0.3, -0.25) is 4.79 Å². The summed E-state index contributed by atoms with van der Waals surface area (Å²) in [7, 11) is 0. The van der Waals surface area contributed by atoms with Gasteiger partial charge in [0.25, 0.3) is 5.91 Å². The summed E-state index contributed by atoms with van der Waals surface area (Å²) in [5.41, 5.74) is 2.42. The number of halogens is 2. The lowest BCUT2D eigenvalue weighted by molar-refractivity contribution is -0.118. The standard InChI is InChI=1S/C15H12Cl2N2O2/c16-11-3-1-2-9(15(11)17)7-18-10-4-5-13-12(6-10)19-14(20)8-21-13/h1-6,18H,7-8H2,(H,19,20). The molecule has 1 amide bonds. The SMILES string of the molecule is O=C1COc2ccc(NCc3cccc(Cl)c3Cl)cc2N1. The Hall–Kier alpha value is -1.91. The smallest absolute Gasteiger partial charge is 0.262 e. The zero-order valence-electron chi connectivity index (χ0n) is 11.0. The molecule has 0 unspecified atom stereocenters. The van der Waals surface area contributed by atoms with E-state index in [0.29, 0.717) is 28.0 Å². The van der Waals surface area contributed by atoms with E-state index in [0.717, 1.165) is 11.3 Å². The van der Waals surface area contributed by atoms with Crippen molar-refractivity contribution in [2.75, 3.05) is 17.2 Å². The van der Waals surface area contributed by atoms with Crippen LogP contribution in [0.25, 0.3) is 0 Å². The fraction of sp³-hybridized carbons (Fsp3) is 0.133. The fourth-order valence-electron chi connectivity index (χ4n) is 2.08. The Labute approximate surface area is 132 Å². The number of benzene rings is 2. The van der Waals surface area contributed by atoms with Crippen molar-refractivity contribution in [1.82, 2.24) is 0 Å². The summed E-state index contributed by atoms with van der Waals surface area (Å²) >= 11 is 12.1. The van der Waals surface area contributed by atoms with Crippen LogP contribution in [0.3, 0.4) is 0 Å². The van der Waals surface area contributed by atoms with Crippen molar-refractivity contribution in [3.05, 3.63) is 52.0 Å². The lowest BCUT2D eigenvalue weighted by atomic mass is 10.2. The molecule has 0 bridgehead atoms. The molecule has 21 heavy (non-hydrogen) atoms. The van der Waals surface area contributed by atoms with Crippen LogP contribution in [-0.4, -0.2) is 12.5 Å². The number of carbonyl (C=O) groups is 1. The molecule has 0 aliphatic carbocycles. The predicted octanol–water partition coefficient (Wildman–Crippen LogP) is 3.94. The van der Waals surface area contributed by atoms with Gasteiger partial charge >= 0.3 is 0 Å². The third-order valence-corrected chi connectivity index (χ3v) is 3.98. The van der Waals surface area contributed by atoms with Crippen LogP contribution in [-0.2, 0) is 11.3 Å². The van der Waals surface area contributed by atoms with Crippen LogP contribution in [0.2, 0.25) is 10.0 Å². The summed E-state index contributed by atoms with van der Waals surface area (Å²) in [6, 6.07) is 11.0. The number of hydrogen-bond donors (Lipinski definition) is 2. The summed E-state index contributed by atoms with van der Waals surface area (Å²) in [6.07, 6.45) is 0. The predicted molar refractivity (Wildman–Crippen MR) is 84.4 cm³/mol. The Balaban J connectivity index is 1.75. The fourth-order valence-corrected chi connectivity index (χ4v) is 2.46. The molecular weight excluding hydrogens is 311 g/mol. The number of hydrogen-bond acceptors (Lipinski definition) is 3. The van der Waals surface area contributed by atoms with E-state index in [1.54, 1.807) is 6.07 Å². The number of carbonyl (C=O) groups excluding carboxylic acids is 1. The van der Waals surface area contributed by atoms with Gasteiger partial charge < -0.3 is 15.4 Å². The maximum atomic E-state index is 11.3. The minimum Gasteiger partial charge on any atom is -0.482 e. The second kappa shape index (κ2) is 5.84. The molecule has 3 rings (SSSR count). The minimum absolute atomic E-state index is 0.0535. The molecule has 6 heteroatoms. The lowest BCUT2D eigenvalue weighted by Crippen LogP contribution is -2.25. The highest BCUT2D eigenvalue weighted by atomic mass is 35.5. The first-order chi connectivity index (χ1) is 10.1. The molecule has 0 saturated carbocycles. The molecule has 0 saturated heterocycles. The minimum atomic E-state index is -0.155. The number of fused-ring (bicyclic) bond motifs is 1. The Bertz CT molecular complexity index is 704. The second-order valence-corrected chi connectivity index (χ2v) is 5.40. The molecule has 0 fully saturated rings. The van der Waals surface area contributed by atoms with Crippen molar-refractivity contribution in [3.63, 3.8) is 0 Å². The molecule has 2 aromatic carbocycles. The molecule has 0 atom stereocenters. The summed E-state index contributed by atoms with van der Waals surface area (Å²) in [5, 5.41) is 7.08. The summed E-state index contributed by atoms with van der Waals surface area (Å²) in [4.78, 5) is 11.3. The number of amides is 1. The average Bonchev–Trinajstić information content (AvgIpc) is 2.48. The first kappa shape index (κ1) is 14.0. The van der Waals surface area contributed by atoms with E-state index < -0.39 is 0 Å². The summed E-state index contributed by atoms with van der Waals surface area (Å²) in [6.45, 7) is 0.588. The van der Waals surface area contributed by atoms with Crippen LogP contribution < -0.4 is 15.4 Å². The molecule has 0 aromatic heterocycles. The van der Waals surface area contributed by atoms with Gasteiger partial charge in [-0.25, -0.2) is 0 Å². The highest BCUT2D eigenvalue weighted by molar-refractivity contribution is 6.42. The number of anilines is 2. The van der Waals surface area contributed by atoms with Crippen LogP contribution in [0, 0.1) is 0 Å². The van der Waals surface area contributed by atoms with Gasteiger partial charge in [0.1, 0.15) is 5.75 Å². The highest BCUT2D eigenvalue weighted by Crippen LogP contribution is 2.31. The monoisotopic (exact) mass is 322 g/mol. The van der Waals surface area contributed by atoms with E-state index in [9.17, 15) is 4.79 Å². The van der Waals surface area contributed by atoms with Gasteiger partial charge in [-0.1, -0.05) is 35.3 Å². The van der Waals surface area contributed by atoms with Crippen LogP contribution >= 0.6 is 23.2 Å². The molecule has 108 valence electrons. The Morgan fingerprint density at radius 2 is 2.10 bits per heavy atom. The zero-order chi connectivity index (χ0) is 14.8. The number of rotatable bonds is 3. The Morgan fingerprint density at radius 1 is 1.24 bits per heavy atom. The zero-order valence-corrected chi connectivity index (χ0v) is 12.5. The molecule has 4 nitrogen and oxygen atoms in total. The molecule has 1 heterocycles. The van der Waals surface area contributed by atoms with Crippen molar-refractivity contribution >= 4 is 40.5 Å². The van der Waals surface area contributed by atoms with Gasteiger partial charge in [0.15, 0.2) is 6.61 Å². The maximum Gasteiger partial charge on any atom is 0.262 e. The van der Waals surface area contributed by atoms with Crippen LogP contribution in [0.1, 0.15) is 5.56 Å². The molecular formula is C15H12Cl2N2O2. The molecule has 0 radical (unpaired) electrons. The van der Waals surface area contributed by atoms with Crippen molar-refractivity contribution < 1.29 is 9.53 Å². The Kier molecular flexibility index (Phi) is 3.90. The highest BCUT2D eigenvalue weighted by Gasteiger charge is 2.15. The summed E-state index contributed by atoms with van der Waals surface area (Å²) < 4.78 is 5.31. The largest absolute Gasteiger partial charge is 0.482 e. The molecule has 1 aliphatic rings. The quantitative estimate of drug-likeness (QED) is 0.900. The van der Waals surface area contributed by atoms with Crippen LogP contribution in [0.5, 0.6) is 5.75 Å². The van der Waals surface area contributed by atoms with Gasteiger partial charge in [0, 0.05) is 12.2 Å². The van der Waals surface area contributed by atoms with E-state index >= 15 is 0 Å². The van der Waals surface area contributed by atoms with Crippen molar-refractivity contribution in [2.45, 2.75) is 6.54 Å². The van der Waals surface area contributed by atoms with Crippen molar-refractivity contribution in [2.24, 2.45) is 0 Å². The molecule has 2 aromatic rings. The third kappa shape index (κ3) is 3.06. The van der Waals surface area contributed by atoms with Crippen LogP contribution in [0.15, 0.2) is 36.4 Å². The first-order valence-corrected chi connectivity index (χ1v) is 7.12. The van der Waals surface area contributed by atoms with E-state index in [4.69, 9.17) is 27.9 Å². The van der Waals surface area contributed by atoms with Crippen LogP contribution in [0.4, 0.5) is 11.4 Å². The topological polar surface area (TPSA) is 50.4 Å². The van der Waals surface area contributed by atoms with E-state index in [1.165, 1.54) is 0 Å². The van der Waals surface area contributed by atoms with Gasteiger partial charge in [0.05, 0.1) is 15.7 Å². The molecule has 2 N–H and O–H groups in total. The maximum absolute atomic E-state index is 11.3. The van der Waals surface area contributed by atoms with Gasteiger partial charge in [-0.15, -0.1) is 0 Å². The van der Waals surface area contributed by atoms with E-state index in [2.05, 4.69) is 10.6 Å². The number of ether oxygens (including phenoxy) is 1. The van der Waals surface area contributed by atoms with Gasteiger partial charge in [0.2, 0.25) is 0 Å². The number of nitrogens with one attached hydrogen (secondary N) is 2. The van der Waals surface area contributed by atoms with Gasteiger partial charge in [-0.2, -0.15) is 0 Å². The average molecular weight is 323 g/mol. The van der Waals surface area contributed by atoms with E-state index in [1.807, 2.05) is 30.3 Å². The Morgan fingerprint density at radius 3 is 2.95 bits per heavy atom. The van der Waals surface area contributed by atoms with Crippen molar-refractivity contribution in [3.8, 4) is 5.75 Å². The normalized spacial score (nSPS) is 13.1.